The molecule has 6 aromatic carbocycles. The summed E-state index contributed by atoms with van der Waals surface area (Å²) in [5.41, 5.74) is 1.90. The highest BCUT2D eigenvalue weighted by Gasteiger charge is 2.07. The highest BCUT2D eigenvalue weighted by Crippen LogP contribution is 2.29. The summed E-state index contributed by atoms with van der Waals surface area (Å²) in [4.78, 5) is 11.0. The SMILES string of the molecule is CC(=O)Oc1c(C)ccc2ccccc12.Cc1ccc2ccccc2c1O.Oc1cccc2ccccc12. The lowest BCUT2D eigenvalue weighted by atomic mass is 10.1. The minimum absolute atomic E-state index is 0.283. The molecule has 0 bridgehead atoms. The number of aromatic hydroxyl groups is 2. The van der Waals surface area contributed by atoms with Gasteiger partial charge in [-0.05, 0) is 47.2 Å². The van der Waals surface area contributed by atoms with E-state index in [-0.39, 0.29) is 5.97 Å². The first-order chi connectivity index (χ1) is 18.3. The third-order valence-corrected chi connectivity index (χ3v) is 6.19. The molecule has 0 spiro atoms. The van der Waals surface area contributed by atoms with E-state index in [1.165, 1.54) is 6.92 Å². The van der Waals surface area contributed by atoms with E-state index in [4.69, 9.17) is 4.74 Å². The van der Waals surface area contributed by atoms with E-state index in [1.54, 1.807) is 6.07 Å². The average Bonchev–Trinajstić information content (AvgIpc) is 2.93. The molecule has 0 aromatic heterocycles. The molecular formula is C34H30O4. The lowest BCUT2D eigenvalue weighted by molar-refractivity contribution is -0.131. The second-order valence-electron chi connectivity index (χ2n) is 8.98. The quantitative estimate of drug-likeness (QED) is 0.175. The van der Waals surface area contributed by atoms with Crippen molar-refractivity contribution in [3.63, 3.8) is 0 Å². The van der Waals surface area contributed by atoms with Crippen molar-refractivity contribution in [1.29, 1.82) is 0 Å². The number of hydrogen-bond donors (Lipinski definition) is 2. The van der Waals surface area contributed by atoms with Gasteiger partial charge in [-0.1, -0.05) is 109 Å². The lowest BCUT2D eigenvalue weighted by Crippen LogP contribution is -2.03. The number of ether oxygens (including phenoxy) is 1. The van der Waals surface area contributed by atoms with Crippen LogP contribution in [0.15, 0.2) is 115 Å². The van der Waals surface area contributed by atoms with Gasteiger partial charge in [-0.25, -0.2) is 0 Å². The molecule has 6 aromatic rings. The third-order valence-electron chi connectivity index (χ3n) is 6.19. The van der Waals surface area contributed by atoms with Gasteiger partial charge in [-0.3, -0.25) is 4.79 Å². The van der Waals surface area contributed by atoms with Crippen LogP contribution in [-0.4, -0.2) is 16.2 Å². The highest BCUT2D eigenvalue weighted by molar-refractivity contribution is 5.91. The van der Waals surface area contributed by atoms with Gasteiger partial charge in [-0.15, -0.1) is 0 Å². The topological polar surface area (TPSA) is 66.8 Å². The van der Waals surface area contributed by atoms with Gasteiger partial charge in [0.05, 0.1) is 0 Å². The van der Waals surface area contributed by atoms with E-state index in [0.717, 1.165) is 43.4 Å². The molecule has 0 aliphatic heterocycles. The molecular weight excluding hydrogens is 472 g/mol. The van der Waals surface area contributed by atoms with Crippen molar-refractivity contribution in [2.24, 2.45) is 0 Å². The second kappa shape index (κ2) is 11.9. The monoisotopic (exact) mass is 502 g/mol. The predicted molar refractivity (Wildman–Crippen MR) is 156 cm³/mol. The fraction of sp³-hybridized carbons (Fsp3) is 0.0882. The molecule has 0 heterocycles. The summed E-state index contributed by atoms with van der Waals surface area (Å²) in [6.45, 7) is 5.26. The molecule has 0 fully saturated rings. The minimum atomic E-state index is -0.283. The molecule has 190 valence electrons. The molecule has 0 radical (unpaired) electrons. The van der Waals surface area contributed by atoms with Crippen LogP contribution >= 0.6 is 0 Å². The zero-order valence-electron chi connectivity index (χ0n) is 21.7. The van der Waals surface area contributed by atoms with Crippen LogP contribution in [-0.2, 0) is 4.79 Å². The maximum atomic E-state index is 11.0. The smallest absolute Gasteiger partial charge is 0.308 e. The fourth-order valence-electron chi connectivity index (χ4n) is 4.20. The van der Waals surface area contributed by atoms with Crippen LogP contribution in [0.5, 0.6) is 17.2 Å². The molecule has 0 aliphatic rings. The van der Waals surface area contributed by atoms with E-state index in [0.29, 0.717) is 17.2 Å². The summed E-state index contributed by atoms with van der Waals surface area (Å²) in [6.07, 6.45) is 0. The first kappa shape index (κ1) is 26.2. The molecule has 0 saturated heterocycles. The normalized spacial score (nSPS) is 10.3. The van der Waals surface area contributed by atoms with Crippen molar-refractivity contribution in [3.05, 3.63) is 126 Å². The molecule has 38 heavy (non-hydrogen) atoms. The van der Waals surface area contributed by atoms with Gasteiger partial charge in [0, 0.05) is 23.1 Å². The second-order valence-corrected chi connectivity index (χ2v) is 8.98. The first-order valence-electron chi connectivity index (χ1n) is 12.4. The predicted octanol–water partition coefficient (Wildman–Crippen LogP) is 8.47. The summed E-state index contributed by atoms with van der Waals surface area (Å²) in [7, 11) is 0. The van der Waals surface area contributed by atoms with E-state index >= 15 is 0 Å². The van der Waals surface area contributed by atoms with Gasteiger partial charge in [0.2, 0.25) is 0 Å². The van der Waals surface area contributed by atoms with Crippen molar-refractivity contribution in [3.8, 4) is 17.2 Å². The maximum Gasteiger partial charge on any atom is 0.308 e. The molecule has 0 aliphatic carbocycles. The largest absolute Gasteiger partial charge is 0.507 e. The van der Waals surface area contributed by atoms with Crippen molar-refractivity contribution >= 4 is 38.3 Å². The van der Waals surface area contributed by atoms with E-state index in [2.05, 4.69) is 0 Å². The Hall–Kier alpha value is -4.83. The zero-order valence-corrected chi connectivity index (χ0v) is 21.7. The van der Waals surface area contributed by atoms with Gasteiger partial charge >= 0.3 is 5.97 Å². The maximum absolute atomic E-state index is 11.0. The van der Waals surface area contributed by atoms with E-state index in [9.17, 15) is 15.0 Å². The number of phenolic OH excluding ortho intramolecular Hbond substituents is 2. The van der Waals surface area contributed by atoms with Gasteiger partial charge in [-0.2, -0.15) is 0 Å². The Morgan fingerprint density at radius 2 is 1.03 bits per heavy atom. The van der Waals surface area contributed by atoms with Crippen LogP contribution < -0.4 is 4.74 Å². The standard InChI is InChI=1S/C13H12O2.C11H10O.C10H8O/c1-9-7-8-11-5-3-4-6-12(11)13(9)15-10(2)14;1-8-6-7-9-4-2-3-5-10(9)11(8)12;11-10-7-3-5-8-4-1-2-6-9(8)10/h3-8H,1-2H3;2-7,12H,1H3;1-7,11H. The fourth-order valence-corrected chi connectivity index (χ4v) is 4.20. The molecule has 0 saturated carbocycles. The van der Waals surface area contributed by atoms with Crippen LogP contribution in [0.4, 0.5) is 0 Å². The Bertz CT molecular complexity index is 1710. The molecule has 4 nitrogen and oxygen atoms in total. The summed E-state index contributed by atoms with van der Waals surface area (Å²) < 4.78 is 5.22. The van der Waals surface area contributed by atoms with Crippen LogP contribution in [0.2, 0.25) is 0 Å². The van der Waals surface area contributed by atoms with Crippen LogP contribution in [0, 0.1) is 13.8 Å². The summed E-state index contributed by atoms with van der Waals surface area (Å²) in [5.74, 6) is 1.13. The third kappa shape index (κ3) is 6.11. The van der Waals surface area contributed by atoms with Crippen LogP contribution in [0.1, 0.15) is 18.1 Å². The number of carbonyl (C=O) groups is 1. The van der Waals surface area contributed by atoms with Gasteiger partial charge in [0.15, 0.2) is 0 Å². The molecule has 0 unspecified atom stereocenters. The van der Waals surface area contributed by atoms with Gasteiger partial charge in [0.25, 0.3) is 0 Å². The number of rotatable bonds is 1. The summed E-state index contributed by atoms with van der Waals surface area (Å²) >= 11 is 0. The number of phenols is 2. The summed E-state index contributed by atoms with van der Waals surface area (Å²) in [5, 5.41) is 25.1. The number of hydrogen-bond acceptors (Lipinski definition) is 4. The number of esters is 1. The Kier molecular flexibility index (Phi) is 8.24. The molecule has 2 N–H and O–H groups in total. The van der Waals surface area contributed by atoms with Crippen molar-refractivity contribution in [2.75, 3.05) is 0 Å². The Labute approximate surface area is 222 Å². The number of fused-ring (bicyclic) bond motifs is 3. The van der Waals surface area contributed by atoms with Gasteiger partial charge < -0.3 is 14.9 Å². The molecule has 6 rings (SSSR count). The van der Waals surface area contributed by atoms with Crippen molar-refractivity contribution < 1.29 is 19.7 Å². The lowest BCUT2D eigenvalue weighted by Gasteiger charge is -2.08. The number of aryl methyl sites for hydroxylation is 2. The summed E-state index contributed by atoms with van der Waals surface area (Å²) in [6, 6.07) is 36.9. The van der Waals surface area contributed by atoms with E-state index in [1.807, 2.05) is 123 Å². The zero-order chi connectivity index (χ0) is 27.1. The number of carbonyl (C=O) groups excluding carboxylic acids is 1. The Morgan fingerprint density at radius 1 is 0.553 bits per heavy atom. The number of benzene rings is 6. The van der Waals surface area contributed by atoms with Gasteiger partial charge in [0.1, 0.15) is 17.2 Å². The molecule has 4 heteroatoms. The van der Waals surface area contributed by atoms with Crippen LogP contribution in [0.3, 0.4) is 0 Å². The highest BCUT2D eigenvalue weighted by atomic mass is 16.5. The molecule has 0 amide bonds. The molecule has 0 atom stereocenters. The van der Waals surface area contributed by atoms with Crippen molar-refractivity contribution in [1.82, 2.24) is 0 Å². The van der Waals surface area contributed by atoms with E-state index < -0.39 is 0 Å². The Morgan fingerprint density at radius 3 is 1.63 bits per heavy atom. The van der Waals surface area contributed by atoms with Crippen molar-refractivity contribution in [2.45, 2.75) is 20.8 Å². The average molecular weight is 503 g/mol. The Balaban J connectivity index is 0.000000134. The minimum Gasteiger partial charge on any atom is -0.507 e. The van der Waals surface area contributed by atoms with Crippen LogP contribution in [0.25, 0.3) is 32.3 Å². The first-order valence-corrected chi connectivity index (χ1v) is 12.4.